The van der Waals surface area contributed by atoms with E-state index in [1.807, 2.05) is 6.07 Å². The zero-order chi connectivity index (χ0) is 16.6. The number of aldehydes is 1. The Hall–Kier alpha value is -2.42. The first-order valence-corrected chi connectivity index (χ1v) is 8.12. The van der Waals surface area contributed by atoms with Crippen LogP contribution >= 0.6 is 0 Å². The monoisotopic (exact) mass is 328 g/mol. The molecule has 1 atom stereocenters. The molecule has 8 nitrogen and oxygen atoms in total. The van der Waals surface area contributed by atoms with Crippen molar-refractivity contribution >= 4 is 28.3 Å². The van der Waals surface area contributed by atoms with E-state index >= 15 is 0 Å². The third-order valence-electron chi connectivity index (χ3n) is 2.38. The number of hydrogen-bond donors (Lipinski definition) is 2. The van der Waals surface area contributed by atoms with E-state index < -0.39 is 34.5 Å². The van der Waals surface area contributed by atoms with Crippen LogP contribution in [0.15, 0.2) is 30.3 Å². The first-order valence-electron chi connectivity index (χ1n) is 6.23. The normalized spacial score (nSPS) is 12.0. The molecule has 0 unspecified atom stereocenters. The van der Waals surface area contributed by atoms with Crippen molar-refractivity contribution in [3.63, 3.8) is 0 Å². The molecule has 0 heterocycles. The molecule has 1 aromatic carbocycles. The van der Waals surface area contributed by atoms with Crippen molar-refractivity contribution in [2.45, 2.75) is 19.1 Å². The van der Waals surface area contributed by atoms with Crippen LogP contribution in [0.5, 0.6) is 0 Å². The Balaban J connectivity index is 2.43. The van der Waals surface area contributed by atoms with Crippen molar-refractivity contribution in [2.24, 2.45) is 0 Å². The maximum Gasteiger partial charge on any atom is 0.408 e. The standard InChI is InChI=1S/C13H16N2O6S/c1-22(19,20)15-12(17)7-11(8-16)14-13(18)21-9-10-5-3-2-4-6-10/h2-6,8,11H,7,9H2,1H3,(H,14,18)(H,15,17)/t11-/m0/s1. The van der Waals surface area contributed by atoms with Gasteiger partial charge in [0.2, 0.25) is 15.9 Å². The van der Waals surface area contributed by atoms with Gasteiger partial charge in [0.15, 0.2) is 0 Å². The van der Waals surface area contributed by atoms with Crippen LogP contribution in [0.4, 0.5) is 4.79 Å². The number of carbonyl (C=O) groups is 3. The molecule has 0 saturated heterocycles. The summed E-state index contributed by atoms with van der Waals surface area (Å²) in [5.74, 6) is -0.900. The molecule has 0 aliphatic rings. The lowest BCUT2D eigenvalue weighted by Gasteiger charge is -2.12. The van der Waals surface area contributed by atoms with Crippen molar-refractivity contribution in [2.75, 3.05) is 6.26 Å². The van der Waals surface area contributed by atoms with Crippen LogP contribution in [0.25, 0.3) is 0 Å². The summed E-state index contributed by atoms with van der Waals surface area (Å²) >= 11 is 0. The molecule has 0 aliphatic heterocycles. The van der Waals surface area contributed by atoms with E-state index in [9.17, 15) is 22.8 Å². The van der Waals surface area contributed by atoms with Crippen molar-refractivity contribution in [3.05, 3.63) is 35.9 Å². The lowest BCUT2D eigenvalue weighted by molar-refractivity contribution is -0.121. The van der Waals surface area contributed by atoms with Gasteiger partial charge < -0.3 is 14.8 Å². The predicted molar refractivity (Wildman–Crippen MR) is 77.2 cm³/mol. The number of nitrogens with one attached hydrogen (secondary N) is 2. The lowest BCUT2D eigenvalue weighted by atomic mass is 10.2. The smallest absolute Gasteiger partial charge is 0.408 e. The highest BCUT2D eigenvalue weighted by molar-refractivity contribution is 7.89. The van der Waals surface area contributed by atoms with Crippen molar-refractivity contribution in [1.29, 1.82) is 0 Å². The average molecular weight is 328 g/mol. The fraction of sp³-hybridized carbons (Fsp3) is 0.308. The molecule has 0 aromatic heterocycles. The Morgan fingerprint density at radius 1 is 1.27 bits per heavy atom. The van der Waals surface area contributed by atoms with Crippen LogP contribution in [0.3, 0.4) is 0 Å². The molecule has 0 radical (unpaired) electrons. The van der Waals surface area contributed by atoms with E-state index in [-0.39, 0.29) is 6.61 Å². The van der Waals surface area contributed by atoms with Gasteiger partial charge in [-0.15, -0.1) is 0 Å². The molecule has 0 spiro atoms. The quantitative estimate of drug-likeness (QED) is 0.677. The second-order valence-corrected chi connectivity index (χ2v) is 6.20. The Morgan fingerprint density at radius 2 is 1.91 bits per heavy atom. The van der Waals surface area contributed by atoms with E-state index in [4.69, 9.17) is 4.74 Å². The number of amides is 2. The summed E-state index contributed by atoms with van der Waals surface area (Å²) < 4.78 is 28.3. The topological polar surface area (TPSA) is 119 Å². The highest BCUT2D eigenvalue weighted by Crippen LogP contribution is 2.01. The fourth-order valence-corrected chi connectivity index (χ4v) is 1.99. The summed E-state index contributed by atoms with van der Waals surface area (Å²) in [5, 5.41) is 2.17. The molecule has 0 saturated carbocycles. The van der Waals surface area contributed by atoms with Crippen LogP contribution < -0.4 is 10.0 Å². The summed E-state index contributed by atoms with van der Waals surface area (Å²) in [6.45, 7) is 0.00772. The van der Waals surface area contributed by atoms with Crippen LogP contribution in [0.1, 0.15) is 12.0 Å². The first-order chi connectivity index (χ1) is 10.3. The number of carbonyl (C=O) groups excluding carboxylic acids is 3. The van der Waals surface area contributed by atoms with Crippen molar-refractivity contribution < 1.29 is 27.5 Å². The third-order valence-corrected chi connectivity index (χ3v) is 2.98. The summed E-state index contributed by atoms with van der Waals surface area (Å²) in [5.41, 5.74) is 0.759. The molecule has 120 valence electrons. The zero-order valence-corrected chi connectivity index (χ0v) is 12.6. The number of rotatable bonds is 7. The van der Waals surface area contributed by atoms with E-state index in [1.54, 1.807) is 29.0 Å². The minimum absolute atomic E-state index is 0.00772. The van der Waals surface area contributed by atoms with Gasteiger partial charge in [0, 0.05) is 0 Å². The molecule has 22 heavy (non-hydrogen) atoms. The molecule has 2 N–H and O–H groups in total. The predicted octanol–water partition coefficient (Wildman–Crippen LogP) is -0.0538. The molecule has 0 fully saturated rings. The van der Waals surface area contributed by atoms with Gasteiger partial charge in [-0.25, -0.2) is 13.2 Å². The second-order valence-electron chi connectivity index (χ2n) is 4.45. The van der Waals surface area contributed by atoms with E-state index in [1.165, 1.54) is 0 Å². The molecule has 2 amide bonds. The van der Waals surface area contributed by atoms with Crippen LogP contribution in [0.2, 0.25) is 0 Å². The molecule has 1 aromatic rings. The van der Waals surface area contributed by atoms with Gasteiger partial charge >= 0.3 is 6.09 Å². The molecule has 9 heteroatoms. The average Bonchev–Trinajstić information content (AvgIpc) is 2.43. The van der Waals surface area contributed by atoms with Crippen molar-refractivity contribution in [1.82, 2.24) is 10.0 Å². The molecule has 0 aliphatic carbocycles. The maximum absolute atomic E-state index is 11.5. The van der Waals surface area contributed by atoms with Crippen LogP contribution in [-0.4, -0.2) is 39.0 Å². The van der Waals surface area contributed by atoms with Crippen molar-refractivity contribution in [3.8, 4) is 0 Å². The lowest BCUT2D eigenvalue weighted by Crippen LogP contribution is -2.41. The van der Waals surface area contributed by atoms with E-state index in [2.05, 4.69) is 5.32 Å². The number of ether oxygens (including phenoxy) is 1. The Kier molecular flexibility index (Phi) is 6.51. The SMILES string of the molecule is CS(=O)(=O)NC(=O)C[C@@H](C=O)NC(=O)OCc1ccccc1. The van der Waals surface area contributed by atoms with Gasteiger partial charge in [-0.3, -0.25) is 9.52 Å². The Bertz CT molecular complexity index is 629. The summed E-state index contributed by atoms with van der Waals surface area (Å²) in [4.78, 5) is 33.7. The van der Waals surface area contributed by atoms with Crippen LogP contribution in [-0.2, 0) is 31.0 Å². The zero-order valence-electron chi connectivity index (χ0n) is 11.8. The maximum atomic E-state index is 11.5. The Labute approximate surface area is 127 Å². The first kappa shape index (κ1) is 17.6. The molecular formula is C13H16N2O6S. The highest BCUT2D eigenvalue weighted by atomic mass is 32.2. The largest absolute Gasteiger partial charge is 0.445 e. The van der Waals surface area contributed by atoms with Gasteiger partial charge in [-0.2, -0.15) is 0 Å². The fourth-order valence-electron chi connectivity index (χ4n) is 1.50. The number of hydrogen-bond acceptors (Lipinski definition) is 6. The summed E-state index contributed by atoms with van der Waals surface area (Å²) in [7, 11) is -3.71. The summed E-state index contributed by atoms with van der Waals surface area (Å²) in [6, 6.07) is 7.70. The van der Waals surface area contributed by atoms with Gasteiger partial charge in [0.25, 0.3) is 0 Å². The summed E-state index contributed by atoms with van der Waals surface area (Å²) in [6.07, 6.45) is -0.251. The molecule has 1 rings (SSSR count). The number of alkyl carbamates (subject to hydrolysis) is 1. The second kappa shape index (κ2) is 8.13. The van der Waals surface area contributed by atoms with Gasteiger partial charge in [0.05, 0.1) is 18.7 Å². The van der Waals surface area contributed by atoms with Gasteiger partial charge in [-0.05, 0) is 5.56 Å². The third kappa shape index (κ3) is 7.39. The van der Waals surface area contributed by atoms with Gasteiger partial charge in [0.1, 0.15) is 12.9 Å². The van der Waals surface area contributed by atoms with Crippen LogP contribution in [0, 0.1) is 0 Å². The molecule has 0 bridgehead atoms. The van der Waals surface area contributed by atoms with E-state index in [0.29, 0.717) is 6.29 Å². The van der Waals surface area contributed by atoms with Gasteiger partial charge in [-0.1, -0.05) is 30.3 Å². The van der Waals surface area contributed by atoms with E-state index in [0.717, 1.165) is 11.8 Å². The highest BCUT2D eigenvalue weighted by Gasteiger charge is 2.18. The molecular weight excluding hydrogens is 312 g/mol. The Morgan fingerprint density at radius 3 is 2.45 bits per heavy atom. The number of benzene rings is 1. The minimum Gasteiger partial charge on any atom is -0.445 e. The number of sulfonamides is 1. The minimum atomic E-state index is -3.71.